The van der Waals surface area contributed by atoms with Crippen LogP contribution in [0.4, 0.5) is 22.1 Å². The van der Waals surface area contributed by atoms with Crippen LogP contribution in [0.15, 0.2) is 35.5 Å². The molecule has 1 aliphatic rings. The van der Waals surface area contributed by atoms with E-state index in [9.17, 15) is 14.5 Å². The van der Waals surface area contributed by atoms with E-state index in [1.165, 1.54) is 7.05 Å². The van der Waals surface area contributed by atoms with E-state index >= 15 is 0 Å². The monoisotopic (exact) mass is 328 g/mol. The summed E-state index contributed by atoms with van der Waals surface area (Å²) in [5, 5.41) is 11.9. The Morgan fingerprint density at radius 3 is 2.88 bits per heavy atom. The fraction of sp³-hybridized carbons (Fsp3) is 0.267. The average molecular weight is 328 g/mol. The number of benzene rings is 1. The van der Waals surface area contributed by atoms with E-state index in [1.54, 1.807) is 16.8 Å². The number of hydrogen-bond donors (Lipinski definition) is 2. The molecule has 0 aliphatic carbocycles. The second-order valence-corrected chi connectivity index (χ2v) is 5.30. The molecule has 0 bridgehead atoms. The SMILES string of the molecule is CNC(=O)Nc1cc2n(n1)CCN2c1cccc(CC(=O)N=O)c1. The normalized spacial score (nSPS) is 12.6. The number of hydrogen-bond acceptors (Lipinski definition) is 5. The highest BCUT2D eigenvalue weighted by Crippen LogP contribution is 2.32. The Hall–Kier alpha value is -3.23. The summed E-state index contributed by atoms with van der Waals surface area (Å²) in [5.74, 6) is 0.611. The van der Waals surface area contributed by atoms with Crippen molar-refractivity contribution in [1.82, 2.24) is 15.1 Å². The number of aromatic nitrogens is 2. The lowest BCUT2D eigenvalue weighted by Crippen LogP contribution is -2.24. The smallest absolute Gasteiger partial charge is 0.320 e. The first-order valence-electron chi connectivity index (χ1n) is 7.40. The van der Waals surface area contributed by atoms with Gasteiger partial charge in [0.1, 0.15) is 5.82 Å². The number of carbonyl (C=O) groups is 2. The second-order valence-electron chi connectivity index (χ2n) is 5.30. The van der Waals surface area contributed by atoms with Gasteiger partial charge in [0.25, 0.3) is 5.91 Å². The molecule has 0 atom stereocenters. The summed E-state index contributed by atoms with van der Waals surface area (Å²) in [4.78, 5) is 34.9. The fourth-order valence-electron chi connectivity index (χ4n) is 2.64. The maximum absolute atomic E-state index is 11.4. The minimum Gasteiger partial charge on any atom is -0.341 e. The molecular weight excluding hydrogens is 312 g/mol. The third-order valence-corrected chi connectivity index (χ3v) is 3.72. The van der Waals surface area contributed by atoms with Crippen LogP contribution < -0.4 is 15.5 Å². The van der Waals surface area contributed by atoms with Gasteiger partial charge in [-0.05, 0) is 17.7 Å². The zero-order valence-electron chi connectivity index (χ0n) is 13.0. The molecular formula is C15H16N6O3. The lowest BCUT2D eigenvalue weighted by Gasteiger charge is -2.17. The number of nitrogens with zero attached hydrogens (tertiary/aromatic N) is 4. The molecule has 1 aromatic heterocycles. The van der Waals surface area contributed by atoms with Crippen molar-refractivity contribution >= 4 is 29.3 Å². The van der Waals surface area contributed by atoms with Crippen molar-refractivity contribution in [2.45, 2.75) is 13.0 Å². The number of fused-ring (bicyclic) bond motifs is 1. The van der Waals surface area contributed by atoms with Crippen molar-refractivity contribution in [3.63, 3.8) is 0 Å². The quantitative estimate of drug-likeness (QED) is 0.829. The van der Waals surface area contributed by atoms with Crippen LogP contribution in [-0.2, 0) is 17.8 Å². The van der Waals surface area contributed by atoms with Crippen LogP contribution in [0.5, 0.6) is 0 Å². The molecule has 2 aromatic rings. The summed E-state index contributed by atoms with van der Waals surface area (Å²) in [6, 6.07) is 8.81. The fourth-order valence-corrected chi connectivity index (χ4v) is 2.64. The zero-order valence-corrected chi connectivity index (χ0v) is 13.0. The molecule has 0 saturated heterocycles. The van der Waals surface area contributed by atoms with E-state index in [-0.39, 0.29) is 12.5 Å². The van der Waals surface area contributed by atoms with E-state index in [2.05, 4.69) is 20.9 Å². The first kappa shape index (κ1) is 15.7. The maximum Gasteiger partial charge on any atom is 0.320 e. The number of rotatable bonds is 4. The predicted molar refractivity (Wildman–Crippen MR) is 88.3 cm³/mol. The largest absolute Gasteiger partial charge is 0.341 e. The van der Waals surface area contributed by atoms with Crippen molar-refractivity contribution in [3.8, 4) is 0 Å². The number of amides is 3. The Kier molecular flexibility index (Phi) is 4.23. The van der Waals surface area contributed by atoms with E-state index in [4.69, 9.17) is 0 Å². The van der Waals surface area contributed by atoms with Crippen LogP contribution in [0.25, 0.3) is 0 Å². The number of urea groups is 1. The minimum atomic E-state index is -0.698. The third kappa shape index (κ3) is 3.09. The highest BCUT2D eigenvalue weighted by molar-refractivity contribution is 5.88. The molecule has 9 nitrogen and oxygen atoms in total. The first-order chi connectivity index (χ1) is 11.6. The molecule has 0 fully saturated rings. The van der Waals surface area contributed by atoms with E-state index in [1.807, 2.05) is 23.1 Å². The molecule has 3 amide bonds. The Morgan fingerprint density at radius 2 is 2.12 bits per heavy atom. The zero-order chi connectivity index (χ0) is 17.1. The molecule has 0 spiro atoms. The van der Waals surface area contributed by atoms with Crippen molar-refractivity contribution in [1.29, 1.82) is 0 Å². The standard InChI is InChI=1S/C15H16N6O3/c1-16-15(23)17-12-9-14-20(5-6-21(14)18-12)11-4-2-3-10(7-11)8-13(22)19-24/h2-4,7,9H,5-6,8H2,1H3,(H2,16,17,18,23). The van der Waals surface area contributed by atoms with Crippen LogP contribution in [0, 0.1) is 4.91 Å². The molecule has 2 heterocycles. The molecule has 0 radical (unpaired) electrons. The molecule has 124 valence electrons. The molecule has 3 rings (SSSR count). The van der Waals surface area contributed by atoms with Crippen molar-refractivity contribution in [2.24, 2.45) is 5.18 Å². The minimum absolute atomic E-state index is 0.0199. The van der Waals surface area contributed by atoms with Crippen LogP contribution in [0.3, 0.4) is 0 Å². The molecule has 9 heteroatoms. The van der Waals surface area contributed by atoms with Crippen LogP contribution in [-0.4, -0.2) is 35.3 Å². The summed E-state index contributed by atoms with van der Waals surface area (Å²) < 4.78 is 1.80. The van der Waals surface area contributed by atoms with Crippen molar-refractivity contribution < 1.29 is 9.59 Å². The van der Waals surface area contributed by atoms with Gasteiger partial charge in [-0.3, -0.25) is 10.1 Å². The van der Waals surface area contributed by atoms with Crippen molar-refractivity contribution in [2.75, 3.05) is 23.8 Å². The Bertz CT molecular complexity index is 800. The lowest BCUT2D eigenvalue weighted by molar-refractivity contribution is -0.117. The number of nitrogens with one attached hydrogen (secondary N) is 2. The molecule has 1 aromatic carbocycles. The Morgan fingerprint density at radius 1 is 1.29 bits per heavy atom. The van der Waals surface area contributed by atoms with E-state index in [0.717, 1.165) is 23.6 Å². The predicted octanol–water partition coefficient (Wildman–Crippen LogP) is 1.62. The van der Waals surface area contributed by atoms with Gasteiger partial charge in [-0.1, -0.05) is 12.1 Å². The summed E-state index contributed by atoms with van der Waals surface area (Å²) in [6.45, 7) is 1.41. The van der Waals surface area contributed by atoms with Gasteiger partial charge in [0.05, 0.1) is 13.0 Å². The van der Waals surface area contributed by atoms with Gasteiger partial charge in [-0.25, -0.2) is 9.48 Å². The molecule has 1 aliphatic heterocycles. The molecule has 0 unspecified atom stereocenters. The van der Waals surface area contributed by atoms with Gasteiger partial charge in [-0.15, -0.1) is 4.91 Å². The van der Waals surface area contributed by atoms with E-state index in [0.29, 0.717) is 12.4 Å². The average Bonchev–Trinajstić information content (AvgIpc) is 3.14. The summed E-state index contributed by atoms with van der Waals surface area (Å²) in [6.07, 6.45) is -0.0199. The van der Waals surface area contributed by atoms with Crippen molar-refractivity contribution in [3.05, 3.63) is 40.8 Å². The Labute approximate surface area is 137 Å². The van der Waals surface area contributed by atoms with Crippen LogP contribution in [0.2, 0.25) is 0 Å². The van der Waals surface area contributed by atoms with Gasteiger partial charge in [0.15, 0.2) is 5.82 Å². The highest BCUT2D eigenvalue weighted by Gasteiger charge is 2.23. The summed E-state index contributed by atoms with van der Waals surface area (Å²) in [5.41, 5.74) is 1.61. The first-order valence-corrected chi connectivity index (χ1v) is 7.40. The topological polar surface area (TPSA) is 109 Å². The second kappa shape index (κ2) is 6.49. The molecule has 2 N–H and O–H groups in total. The highest BCUT2D eigenvalue weighted by atomic mass is 16.3. The molecule has 24 heavy (non-hydrogen) atoms. The number of carbonyl (C=O) groups excluding carboxylic acids is 2. The van der Waals surface area contributed by atoms with E-state index < -0.39 is 5.91 Å². The molecule has 0 saturated carbocycles. The van der Waals surface area contributed by atoms with Gasteiger partial charge in [0, 0.05) is 30.5 Å². The van der Waals surface area contributed by atoms with Gasteiger partial charge in [-0.2, -0.15) is 5.10 Å². The Balaban J connectivity index is 1.83. The number of anilines is 3. The van der Waals surface area contributed by atoms with Crippen LogP contribution in [0.1, 0.15) is 5.56 Å². The van der Waals surface area contributed by atoms with Gasteiger partial charge in [0.2, 0.25) is 0 Å². The summed E-state index contributed by atoms with van der Waals surface area (Å²) in [7, 11) is 1.53. The third-order valence-electron chi connectivity index (χ3n) is 3.72. The van der Waals surface area contributed by atoms with Gasteiger partial charge >= 0.3 is 6.03 Å². The van der Waals surface area contributed by atoms with Gasteiger partial charge < -0.3 is 10.2 Å². The number of nitroso groups, excluding NO2 is 1. The summed E-state index contributed by atoms with van der Waals surface area (Å²) >= 11 is 0. The lowest BCUT2D eigenvalue weighted by atomic mass is 10.1. The maximum atomic E-state index is 11.4. The van der Waals surface area contributed by atoms with Crippen LogP contribution >= 0.6 is 0 Å².